The maximum Gasteiger partial charge on any atom is 0.223 e. The van der Waals surface area contributed by atoms with Crippen molar-refractivity contribution in [3.63, 3.8) is 0 Å². The van der Waals surface area contributed by atoms with Gasteiger partial charge in [0.25, 0.3) is 0 Å². The van der Waals surface area contributed by atoms with Crippen molar-refractivity contribution in [2.75, 3.05) is 0 Å². The first-order valence-corrected chi connectivity index (χ1v) is 6.46. The van der Waals surface area contributed by atoms with Crippen molar-refractivity contribution >= 4 is 11.7 Å². The van der Waals surface area contributed by atoms with Crippen molar-refractivity contribution in [3.8, 4) is 0 Å². The molecule has 0 fully saturated rings. The van der Waals surface area contributed by atoms with Gasteiger partial charge < -0.3 is 16.3 Å². The normalized spacial score (nSPS) is 13.3. The van der Waals surface area contributed by atoms with Gasteiger partial charge in [0, 0.05) is 5.92 Å². The van der Waals surface area contributed by atoms with Gasteiger partial charge in [-0.3, -0.25) is 4.79 Å². The Morgan fingerprint density at radius 2 is 1.89 bits per heavy atom. The van der Waals surface area contributed by atoms with E-state index < -0.39 is 6.04 Å². The van der Waals surface area contributed by atoms with Gasteiger partial charge >= 0.3 is 0 Å². The molecule has 1 rings (SSSR count). The van der Waals surface area contributed by atoms with Gasteiger partial charge in [-0.2, -0.15) is 0 Å². The summed E-state index contributed by atoms with van der Waals surface area (Å²) in [5, 5.41) is 14.7. The predicted molar refractivity (Wildman–Crippen MR) is 74.8 cm³/mol. The number of carbonyl (C=O) groups excluding carboxylic acids is 1. The molecular formula is C14H21N3O2. The Bertz CT molecular complexity index is 428. The number of nitrogens with two attached hydrogens (primary N) is 1. The van der Waals surface area contributed by atoms with Gasteiger partial charge in [0.15, 0.2) is 5.84 Å². The number of nitrogens with zero attached hydrogens (tertiary/aromatic N) is 1. The van der Waals surface area contributed by atoms with Crippen LogP contribution in [-0.2, 0) is 4.79 Å². The van der Waals surface area contributed by atoms with Crippen LogP contribution in [0.5, 0.6) is 0 Å². The summed E-state index contributed by atoms with van der Waals surface area (Å²) < 4.78 is 0. The average Bonchev–Trinajstić information content (AvgIpc) is 2.46. The zero-order chi connectivity index (χ0) is 14.3. The van der Waals surface area contributed by atoms with Crippen LogP contribution in [0.3, 0.4) is 0 Å². The first-order valence-electron chi connectivity index (χ1n) is 6.46. The molecule has 0 aliphatic rings. The van der Waals surface area contributed by atoms with E-state index in [-0.39, 0.29) is 17.7 Å². The maximum atomic E-state index is 12.1. The molecule has 0 radical (unpaired) electrons. The largest absolute Gasteiger partial charge is 0.409 e. The lowest BCUT2D eigenvalue weighted by atomic mass is 10.0. The zero-order valence-corrected chi connectivity index (χ0v) is 11.3. The highest BCUT2D eigenvalue weighted by molar-refractivity contribution is 5.91. The van der Waals surface area contributed by atoms with Gasteiger partial charge in [0.05, 0.1) is 0 Å². The van der Waals surface area contributed by atoms with Gasteiger partial charge in [-0.25, -0.2) is 0 Å². The highest BCUT2D eigenvalue weighted by Gasteiger charge is 2.22. The lowest BCUT2D eigenvalue weighted by Gasteiger charge is -2.21. The van der Waals surface area contributed by atoms with Gasteiger partial charge in [-0.1, -0.05) is 49.3 Å². The number of amides is 1. The Labute approximate surface area is 113 Å². The van der Waals surface area contributed by atoms with Crippen LogP contribution < -0.4 is 11.1 Å². The number of nitrogens with one attached hydrogen (secondary N) is 1. The Balaban J connectivity index is 2.91. The fourth-order valence-corrected chi connectivity index (χ4v) is 1.95. The van der Waals surface area contributed by atoms with Gasteiger partial charge in [-0.05, 0) is 18.4 Å². The molecule has 4 N–H and O–H groups in total. The first kappa shape index (κ1) is 15.0. The van der Waals surface area contributed by atoms with Crippen molar-refractivity contribution in [2.45, 2.75) is 32.7 Å². The summed E-state index contributed by atoms with van der Waals surface area (Å²) in [5.74, 6) is -0.159. The third kappa shape index (κ3) is 3.98. The van der Waals surface area contributed by atoms with Crippen LogP contribution in [0.25, 0.3) is 0 Å². The second kappa shape index (κ2) is 7.41. The summed E-state index contributed by atoms with van der Waals surface area (Å²) in [7, 11) is 0. The molecule has 0 aliphatic heterocycles. The van der Waals surface area contributed by atoms with Crippen LogP contribution >= 0.6 is 0 Å². The minimum absolute atomic E-state index is 0.0227. The van der Waals surface area contributed by atoms with Gasteiger partial charge in [0.1, 0.15) is 6.04 Å². The Morgan fingerprint density at radius 1 is 1.32 bits per heavy atom. The van der Waals surface area contributed by atoms with E-state index in [1.807, 2.05) is 44.2 Å². The van der Waals surface area contributed by atoms with Crippen molar-refractivity contribution in [1.82, 2.24) is 5.32 Å². The van der Waals surface area contributed by atoms with Crippen molar-refractivity contribution in [3.05, 3.63) is 35.9 Å². The highest BCUT2D eigenvalue weighted by Crippen LogP contribution is 2.15. The molecular weight excluding hydrogens is 242 g/mol. The molecule has 0 saturated carbocycles. The molecule has 1 amide bonds. The second-order valence-electron chi connectivity index (χ2n) is 4.39. The maximum absolute atomic E-state index is 12.1. The summed E-state index contributed by atoms with van der Waals surface area (Å²) in [6.07, 6.45) is 1.53. The molecule has 1 aromatic rings. The Hall–Kier alpha value is -2.04. The molecule has 1 atom stereocenters. The van der Waals surface area contributed by atoms with Crippen molar-refractivity contribution in [1.29, 1.82) is 0 Å². The minimum Gasteiger partial charge on any atom is -0.409 e. The van der Waals surface area contributed by atoms with Gasteiger partial charge in [0.2, 0.25) is 5.91 Å². The predicted octanol–water partition coefficient (Wildman–Crippen LogP) is 2.03. The number of amidine groups is 1. The molecule has 0 heterocycles. The molecule has 0 aromatic heterocycles. The topological polar surface area (TPSA) is 87.7 Å². The van der Waals surface area contributed by atoms with Crippen LogP contribution in [0.2, 0.25) is 0 Å². The van der Waals surface area contributed by atoms with E-state index in [2.05, 4.69) is 10.5 Å². The van der Waals surface area contributed by atoms with E-state index in [0.717, 1.165) is 18.4 Å². The summed E-state index contributed by atoms with van der Waals surface area (Å²) in [6.45, 7) is 3.93. The van der Waals surface area contributed by atoms with Crippen LogP contribution in [0.4, 0.5) is 0 Å². The fraction of sp³-hybridized carbons (Fsp3) is 0.429. The third-order valence-corrected chi connectivity index (χ3v) is 3.19. The van der Waals surface area contributed by atoms with E-state index in [1.54, 1.807) is 0 Å². The lowest BCUT2D eigenvalue weighted by molar-refractivity contribution is -0.125. The summed E-state index contributed by atoms with van der Waals surface area (Å²) in [5.41, 5.74) is 6.45. The van der Waals surface area contributed by atoms with Crippen LogP contribution in [-0.4, -0.2) is 17.0 Å². The minimum atomic E-state index is -0.598. The van der Waals surface area contributed by atoms with E-state index in [1.165, 1.54) is 0 Å². The first-order chi connectivity index (χ1) is 9.13. The molecule has 5 nitrogen and oxygen atoms in total. The number of benzene rings is 1. The number of rotatable bonds is 6. The average molecular weight is 263 g/mol. The zero-order valence-electron chi connectivity index (χ0n) is 11.3. The lowest BCUT2D eigenvalue weighted by Crippen LogP contribution is -2.40. The number of oxime groups is 1. The summed E-state index contributed by atoms with van der Waals surface area (Å²) in [6, 6.07) is 8.62. The Kier molecular flexibility index (Phi) is 5.85. The summed E-state index contributed by atoms with van der Waals surface area (Å²) in [4.78, 5) is 12.1. The number of hydrogen-bond donors (Lipinski definition) is 3. The third-order valence-electron chi connectivity index (χ3n) is 3.19. The molecule has 1 unspecified atom stereocenters. The highest BCUT2D eigenvalue weighted by atomic mass is 16.4. The molecule has 1 aromatic carbocycles. The molecule has 0 spiro atoms. The van der Waals surface area contributed by atoms with Gasteiger partial charge in [-0.15, -0.1) is 0 Å². The molecule has 0 bridgehead atoms. The van der Waals surface area contributed by atoms with Crippen molar-refractivity contribution in [2.24, 2.45) is 16.8 Å². The molecule has 0 aliphatic carbocycles. The van der Waals surface area contributed by atoms with E-state index in [0.29, 0.717) is 0 Å². The monoisotopic (exact) mass is 263 g/mol. The number of carbonyl (C=O) groups is 1. The summed E-state index contributed by atoms with van der Waals surface area (Å²) >= 11 is 0. The SMILES string of the molecule is CCC(CC)C(=O)NC(/C(N)=N/O)c1ccccc1. The molecule has 104 valence electrons. The van der Waals surface area contributed by atoms with Crippen molar-refractivity contribution < 1.29 is 10.0 Å². The van der Waals surface area contributed by atoms with Crippen LogP contribution in [0.15, 0.2) is 35.5 Å². The number of hydrogen-bond acceptors (Lipinski definition) is 3. The quantitative estimate of drug-likeness (QED) is 0.317. The van der Waals surface area contributed by atoms with E-state index >= 15 is 0 Å². The van der Waals surface area contributed by atoms with Crippen LogP contribution in [0.1, 0.15) is 38.3 Å². The molecule has 19 heavy (non-hydrogen) atoms. The van der Waals surface area contributed by atoms with Crippen LogP contribution in [0, 0.1) is 5.92 Å². The van der Waals surface area contributed by atoms with E-state index in [4.69, 9.17) is 10.9 Å². The smallest absolute Gasteiger partial charge is 0.223 e. The van der Waals surface area contributed by atoms with E-state index in [9.17, 15) is 4.79 Å². The molecule has 0 saturated heterocycles. The second-order valence-corrected chi connectivity index (χ2v) is 4.39. The standard InChI is InChI=1S/C14H21N3O2/c1-3-10(4-2)14(18)16-12(13(15)17-19)11-8-6-5-7-9-11/h5-10,12,19H,3-4H2,1-2H3,(H2,15,17)(H,16,18). The fourth-order valence-electron chi connectivity index (χ4n) is 1.95. The Morgan fingerprint density at radius 3 is 2.37 bits per heavy atom. The molecule has 5 heteroatoms.